The minimum atomic E-state index is -0.891. The fraction of sp³-hybridized carbons (Fsp3) is 0.400. The standard InChI is InChI=1S/C18H22O8.C12H13FN2O/c1-5-10-23-17(20)8-9-18(21)26-25-15-7-6-14(11-16(15)22-4)12(2)24-13(3)19;13-9-6-11(15-4-2-1-3-5-15)10-8-14-16-12(10)7-9/h6-9,11-12H,5,10H2,1-4H3;6-8H,1-5H2/b9-8+;. The molecule has 0 radical (unpaired) electrons. The molecule has 1 aromatic heterocycles. The summed E-state index contributed by atoms with van der Waals surface area (Å²) >= 11 is 0. The summed E-state index contributed by atoms with van der Waals surface area (Å²) < 4.78 is 33.5. The molecule has 1 saturated heterocycles. The van der Waals surface area contributed by atoms with Crippen LogP contribution >= 0.6 is 0 Å². The van der Waals surface area contributed by atoms with Crippen LogP contribution in [-0.2, 0) is 28.7 Å². The van der Waals surface area contributed by atoms with E-state index in [1.165, 1.54) is 45.4 Å². The van der Waals surface area contributed by atoms with Crippen LogP contribution in [0.3, 0.4) is 0 Å². The minimum absolute atomic E-state index is 0.140. The second-order valence-electron chi connectivity index (χ2n) is 9.36. The molecule has 3 aromatic rings. The lowest BCUT2D eigenvalue weighted by molar-refractivity contribution is -0.207. The molecule has 0 bridgehead atoms. The van der Waals surface area contributed by atoms with Gasteiger partial charge < -0.3 is 23.6 Å². The third-order valence-electron chi connectivity index (χ3n) is 6.13. The van der Waals surface area contributed by atoms with Crippen molar-refractivity contribution >= 4 is 34.6 Å². The van der Waals surface area contributed by atoms with Gasteiger partial charge >= 0.3 is 17.9 Å². The lowest BCUT2D eigenvalue weighted by atomic mass is 10.1. The SMILES string of the molecule is CCCOC(=O)/C=C/C(=O)OOc1ccc(C(C)OC(C)=O)cc1OC.Fc1cc(N2CCCCC2)c2cnoc2c1. The summed E-state index contributed by atoms with van der Waals surface area (Å²) in [6.45, 7) is 7.12. The summed E-state index contributed by atoms with van der Waals surface area (Å²) in [7, 11) is 1.41. The average Bonchev–Trinajstić information content (AvgIpc) is 3.46. The Balaban J connectivity index is 0.000000255. The van der Waals surface area contributed by atoms with Gasteiger partial charge in [0.1, 0.15) is 11.9 Å². The van der Waals surface area contributed by atoms with Crippen molar-refractivity contribution in [3.8, 4) is 11.5 Å². The quantitative estimate of drug-likeness (QED) is 0.127. The highest BCUT2D eigenvalue weighted by molar-refractivity contribution is 5.91. The largest absolute Gasteiger partial charge is 0.493 e. The zero-order chi connectivity index (χ0) is 30.5. The number of fused-ring (bicyclic) bond motifs is 1. The summed E-state index contributed by atoms with van der Waals surface area (Å²) in [6.07, 6.45) is 7.31. The Hall–Kier alpha value is -4.61. The number of benzene rings is 2. The van der Waals surface area contributed by atoms with Crippen LogP contribution in [0.1, 0.15) is 58.1 Å². The lowest BCUT2D eigenvalue weighted by Crippen LogP contribution is -2.29. The van der Waals surface area contributed by atoms with E-state index in [1.54, 1.807) is 31.3 Å². The zero-order valence-corrected chi connectivity index (χ0v) is 24.1. The predicted molar refractivity (Wildman–Crippen MR) is 150 cm³/mol. The number of piperidine rings is 1. The first-order chi connectivity index (χ1) is 20.2. The molecule has 11 nitrogen and oxygen atoms in total. The van der Waals surface area contributed by atoms with Gasteiger partial charge in [-0.3, -0.25) is 9.68 Å². The van der Waals surface area contributed by atoms with Crippen molar-refractivity contribution in [1.29, 1.82) is 0 Å². The van der Waals surface area contributed by atoms with Crippen molar-refractivity contribution < 1.29 is 47.3 Å². The number of anilines is 1. The van der Waals surface area contributed by atoms with Crippen LogP contribution in [-0.4, -0.2) is 49.9 Å². The molecule has 42 heavy (non-hydrogen) atoms. The highest BCUT2D eigenvalue weighted by Crippen LogP contribution is 2.32. The Labute approximate surface area is 243 Å². The van der Waals surface area contributed by atoms with Crippen LogP contribution in [0.25, 0.3) is 11.0 Å². The fourth-order valence-electron chi connectivity index (χ4n) is 4.14. The van der Waals surface area contributed by atoms with Crippen LogP contribution in [0.15, 0.2) is 53.2 Å². The number of carbonyl (C=O) groups excluding carboxylic acids is 3. The van der Waals surface area contributed by atoms with E-state index in [1.807, 2.05) is 6.92 Å². The van der Waals surface area contributed by atoms with Crippen molar-refractivity contribution in [3.63, 3.8) is 0 Å². The Morgan fingerprint density at radius 3 is 2.50 bits per heavy atom. The Morgan fingerprint density at radius 1 is 1.07 bits per heavy atom. The van der Waals surface area contributed by atoms with Crippen molar-refractivity contribution in [1.82, 2.24) is 5.16 Å². The van der Waals surface area contributed by atoms with Gasteiger partial charge in [0.2, 0.25) is 5.75 Å². The Bertz CT molecular complexity index is 1380. The number of nitrogens with zero attached hydrogens (tertiary/aromatic N) is 2. The smallest absolute Gasteiger partial charge is 0.379 e. The lowest BCUT2D eigenvalue weighted by Gasteiger charge is -2.29. The maximum atomic E-state index is 13.4. The zero-order valence-electron chi connectivity index (χ0n) is 24.1. The summed E-state index contributed by atoms with van der Waals surface area (Å²) in [5.74, 6) is -1.79. The molecule has 0 N–H and O–H groups in total. The van der Waals surface area contributed by atoms with E-state index in [2.05, 4.69) is 14.9 Å². The van der Waals surface area contributed by atoms with E-state index < -0.39 is 24.0 Å². The number of aromatic nitrogens is 1. The van der Waals surface area contributed by atoms with Gasteiger partial charge in [-0.15, -0.1) is 0 Å². The van der Waals surface area contributed by atoms with Crippen molar-refractivity contribution in [2.45, 2.75) is 52.6 Å². The van der Waals surface area contributed by atoms with Crippen LogP contribution in [0, 0.1) is 5.82 Å². The Morgan fingerprint density at radius 2 is 1.81 bits per heavy atom. The van der Waals surface area contributed by atoms with E-state index in [-0.39, 0.29) is 23.9 Å². The monoisotopic (exact) mass is 586 g/mol. The topological polar surface area (TPSA) is 127 Å². The number of hydrogen-bond acceptors (Lipinski definition) is 11. The van der Waals surface area contributed by atoms with Crippen molar-refractivity contribution in [2.24, 2.45) is 0 Å². The molecule has 0 amide bonds. The van der Waals surface area contributed by atoms with Crippen LogP contribution in [0.4, 0.5) is 10.1 Å². The van der Waals surface area contributed by atoms with Crippen LogP contribution in [0.2, 0.25) is 0 Å². The molecule has 1 aliphatic rings. The molecule has 1 aliphatic heterocycles. The summed E-state index contributed by atoms with van der Waals surface area (Å²) in [4.78, 5) is 45.6. The molecule has 4 rings (SSSR count). The van der Waals surface area contributed by atoms with Gasteiger partial charge in [-0.2, -0.15) is 0 Å². The average molecular weight is 587 g/mol. The number of esters is 2. The van der Waals surface area contributed by atoms with Gasteiger partial charge in [-0.25, -0.2) is 18.9 Å². The third-order valence-corrected chi connectivity index (χ3v) is 6.13. The van der Waals surface area contributed by atoms with E-state index >= 15 is 0 Å². The first-order valence-electron chi connectivity index (χ1n) is 13.6. The molecule has 1 unspecified atom stereocenters. The molecule has 2 heterocycles. The van der Waals surface area contributed by atoms with Gasteiger partial charge in [0.25, 0.3) is 0 Å². The predicted octanol–water partition coefficient (Wildman–Crippen LogP) is 5.62. The highest BCUT2D eigenvalue weighted by atomic mass is 19.1. The fourth-order valence-corrected chi connectivity index (χ4v) is 4.14. The molecule has 1 fully saturated rings. The summed E-state index contributed by atoms with van der Waals surface area (Å²) in [5.41, 5.74) is 2.12. The number of hydrogen-bond donors (Lipinski definition) is 0. The van der Waals surface area contributed by atoms with Crippen molar-refractivity contribution in [3.05, 3.63) is 60.1 Å². The normalized spacial score (nSPS) is 13.6. The summed E-state index contributed by atoms with van der Waals surface area (Å²) in [6, 6.07) is 7.69. The van der Waals surface area contributed by atoms with E-state index in [0.29, 0.717) is 17.6 Å². The molecule has 0 aliphatic carbocycles. The molecule has 1 atom stereocenters. The first-order valence-corrected chi connectivity index (χ1v) is 13.6. The molecule has 0 spiro atoms. The highest BCUT2D eigenvalue weighted by Gasteiger charge is 2.17. The second kappa shape index (κ2) is 16.0. The first kappa shape index (κ1) is 31.9. The van der Waals surface area contributed by atoms with Gasteiger partial charge in [0.15, 0.2) is 11.3 Å². The minimum Gasteiger partial charge on any atom is -0.493 e. The molecule has 226 valence electrons. The number of carbonyl (C=O) groups is 3. The van der Waals surface area contributed by atoms with Gasteiger partial charge in [0, 0.05) is 38.2 Å². The molecule has 2 aromatic carbocycles. The molecule has 0 saturated carbocycles. The number of halogens is 1. The molecule has 12 heteroatoms. The van der Waals surface area contributed by atoms with Crippen LogP contribution < -0.4 is 14.5 Å². The molecular weight excluding hydrogens is 551 g/mol. The second-order valence-corrected chi connectivity index (χ2v) is 9.36. The van der Waals surface area contributed by atoms with Crippen LogP contribution in [0.5, 0.6) is 11.5 Å². The van der Waals surface area contributed by atoms with E-state index in [9.17, 15) is 18.8 Å². The number of methoxy groups -OCH3 is 1. The number of rotatable bonds is 10. The van der Waals surface area contributed by atoms with Crippen molar-refractivity contribution in [2.75, 3.05) is 31.7 Å². The molecular formula is C30H35FN2O9. The van der Waals surface area contributed by atoms with E-state index in [0.717, 1.165) is 36.3 Å². The Kier molecular flexibility index (Phi) is 12.1. The van der Waals surface area contributed by atoms with E-state index in [4.69, 9.17) is 23.6 Å². The summed E-state index contributed by atoms with van der Waals surface area (Å²) in [5, 5.41) is 4.64. The number of ether oxygens (including phenoxy) is 3. The van der Waals surface area contributed by atoms with Gasteiger partial charge in [-0.1, -0.05) is 18.1 Å². The third kappa shape index (κ3) is 9.50. The van der Waals surface area contributed by atoms with Gasteiger partial charge in [0.05, 0.1) is 31.0 Å². The maximum absolute atomic E-state index is 13.4. The maximum Gasteiger partial charge on any atom is 0.379 e. The van der Waals surface area contributed by atoms with Gasteiger partial charge in [-0.05, 0) is 56.4 Å².